The molecule has 0 spiro atoms. The Kier molecular flexibility index (Phi) is 6.47. The zero-order valence-corrected chi connectivity index (χ0v) is 16.6. The lowest BCUT2D eigenvalue weighted by molar-refractivity contribution is -0.298. The number of aliphatic hydroxyl groups is 1. The standard InChI is InChI=1S/C19H31NO6/c1-7-23-17(22)16-15(19(6)24-10-18(4,5)11-25-19)14(26-20-16)9-13(21)8-12(2)3/h12-13,21H,7-11H2,1-6H3. The normalized spacial score (nSPS) is 20.2. The minimum Gasteiger partial charge on any atom is -0.461 e. The van der Waals surface area contributed by atoms with Crippen molar-refractivity contribution in [2.24, 2.45) is 11.3 Å². The fraction of sp³-hybridized carbons (Fsp3) is 0.789. The molecule has 0 saturated carbocycles. The molecule has 2 heterocycles. The Morgan fingerprint density at radius 2 is 1.88 bits per heavy atom. The summed E-state index contributed by atoms with van der Waals surface area (Å²) in [6.45, 7) is 12.8. The third-order valence-electron chi connectivity index (χ3n) is 4.33. The molecule has 1 saturated heterocycles. The van der Waals surface area contributed by atoms with Crippen LogP contribution in [0.4, 0.5) is 0 Å². The van der Waals surface area contributed by atoms with Crippen LogP contribution in [-0.4, -0.2) is 42.2 Å². The Labute approximate surface area is 155 Å². The number of esters is 1. The summed E-state index contributed by atoms with van der Waals surface area (Å²) in [6, 6.07) is 0. The number of carbonyl (C=O) groups excluding carboxylic acids is 1. The molecule has 7 nitrogen and oxygen atoms in total. The zero-order valence-electron chi connectivity index (χ0n) is 16.6. The van der Waals surface area contributed by atoms with Crippen molar-refractivity contribution in [3.8, 4) is 0 Å². The third-order valence-corrected chi connectivity index (χ3v) is 4.33. The Balaban J connectivity index is 2.36. The lowest BCUT2D eigenvalue weighted by Crippen LogP contribution is -2.44. The summed E-state index contributed by atoms with van der Waals surface area (Å²) in [5.74, 6) is -1.04. The average molecular weight is 369 g/mol. The van der Waals surface area contributed by atoms with Gasteiger partial charge in [-0.05, 0) is 26.2 Å². The Morgan fingerprint density at radius 3 is 2.42 bits per heavy atom. The van der Waals surface area contributed by atoms with Crippen LogP contribution in [0.25, 0.3) is 0 Å². The molecule has 1 aromatic rings. The van der Waals surface area contributed by atoms with Crippen molar-refractivity contribution >= 4 is 5.97 Å². The van der Waals surface area contributed by atoms with Crippen molar-refractivity contribution in [1.29, 1.82) is 0 Å². The molecule has 148 valence electrons. The van der Waals surface area contributed by atoms with E-state index in [-0.39, 0.29) is 24.1 Å². The number of hydrogen-bond acceptors (Lipinski definition) is 7. The lowest BCUT2D eigenvalue weighted by atomic mass is 9.92. The Bertz CT molecular complexity index is 612. The van der Waals surface area contributed by atoms with E-state index in [0.29, 0.717) is 36.9 Å². The molecular weight excluding hydrogens is 338 g/mol. The van der Waals surface area contributed by atoms with Crippen LogP contribution >= 0.6 is 0 Å². The van der Waals surface area contributed by atoms with Gasteiger partial charge in [0.05, 0.1) is 31.5 Å². The fourth-order valence-electron chi connectivity index (χ4n) is 3.01. The molecule has 0 aromatic carbocycles. The summed E-state index contributed by atoms with van der Waals surface area (Å²) in [5.41, 5.74) is 0.327. The van der Waals surface area contributed by atoms with Gasteiger partial charge < -0.3 is 23.8 Å². The molecule has 0 aliphatic carbocycles. The van der Waals surface area contributed by atoms with Crippen molar-refractivity contribution in [2.75, 3.05) is 19.8 Å². The van der Waals surface area contributed by atoms with Crippen molar-refractivity contribution in [3.05, 3.63) is 17.0 Å². The third kappa shape index (κ3) is 4.84. The minimum absolute atomic E-state index is 0.0424. The molecule has 0 amide bonds. The first-order valence-corrected chi connectivity index (χ1v) is 9.20. The molecule has 0 radical (unpaired) electrons. The second kappa shape index (κ2) is 8.06. The lowest BCUT2D eigenvalue weighted by Gasteiger charge is -2.41. The van der Waals surface area contributed by atoms with Gasteiger partial charge in [-0.2, -0.15) is 0 Å². The maximum atomic E-state index is 12.3. The van der Waals surface area contributed by atoms with Gasteiger partial charge >= 0.3 is 5.97 Å². The maximum absolute atomic E-state index is 12.3. The SMILES string of the molecule is CCOC(=O)c1noc(CC(O)CC(C)C)c1C1(C)OCC(C)(C)CO1. The summed E-state index contributed by atoms with van der Waals surface area (Å²) in [5, 5.41) is 14.2. The molecule has 1 N–H and O–H groups in total. The Morgan fingerprint density at radius 1 is 1.27 bits per heavy atom. The number of aliphatic hydroxyl groups excluding tert-OH is 1. The highest BCUT2D eigenvalue weighted by atomic mass is 16.7. The predicted molar refractivity (Wildman–Crippen MR) is 94.7 cm³/mol. The van der Waals surface area contributed by atoms with Crippen LogP contribution in [0.3, 0.4) is 0 Å². The average Bonchev–Trinajstić information content (AvgIpc) is 2.94. The first-order valence-electron chi connectivity index (χ1n) is 9.20. The van der Waals surface area contributed by atoms with E-state index in [1.165, 1.54) is 0 Å². The molecule has 1 aliphatic rings. The van der Waals surface area contributed by atoms with Crippen LogP contribution in [0.1, 0.15) is 69.8 Å². The number of hydrogen-bond donors (Lipinski definition) is 1. The van der Waals surface area contributed by atoms with Gasteiger partial charge in [0, 0.05) is 11.8 Å². The second-order valence-electron chi connectivity index (χ2n) is 8.22. The predicted octanol–water partition coefficient (Wildman–Crippen LogP) is 3.05. The van der Waals surface area contributed by atoms with Crippen molar-refractivity contribution in [3.63, 3.8) is 0 Å². The van der Waals surface area contributed by atoms with E-state index in [1.54, 1.807) is 13.8 Å². The highest BCUT2D eigenvalue weighted by Gasteiger charge is 2.45. The maximum Gasteiger partial charge on any atom is 0.361 e. The van der Waals surface area contributed by atoms with E-state index in [9.17, 15) is 9.90 Å². The molecule has 1 aliphatic heterocycles. The number of ether oxygens (including phenoxy) is 3. The van der Waals surface area contributed by atoms with Gasteiger partial charge in [-0.25, -0.2) is 4.79 Å². The van der Waals surface area contributed by atoms with E-state index in [2.05, 4.69) is 5.16 Å². The van der Waals surface area contributed by atoms with E-state index < -0.39 is 17.9 Å². The molecule has 0 bridgehead atoms. The van der Waals surface area contributed by atoms with Gasteiger partial charge in [0.25, 0.3) is 0 Å². The van der Waals surface area contributed by atoms with Crippen LogP contribution < -0.4 is 0 Å². The largest absolute Gasteiger partial charge is 0.461 e. The van der Waals surface area contributed by atoms with Gasteiger partial charge in [-0.1, -0.05) is 32.9 Å². The first kappa shape index (κ1) is 20.9. The van der Waals surface area contributed by atoms with Gasteiger partial charge in [0.2, 0.25) is 0 Å². The van der Waals surface area contributed by atoms with Gasteiger partial charge in [-0.3, -0.25) is 0 Å². The van der Waals surface area contributed by atoms with E-state index in [1.807, 2.05) is 27.7 Å². The number of nitrogens with zero attached hydrogens (tertiary/aromatic N) is 1. The molecule has 7 heteroatoms. The van der Waals surface area contributed by atoms with Crippen molar-refractivity contribution in [1.82, 2.24) is 5.16 Å². The quantitative estimate of drug-likeness (QED) is 0.739. The van der Waals surface area contributed by atoms with E-state index in [4.69, 9.17) is 18.7 Å². The number of rotatable bonds is 7. The second-order valence-corrected chi connectivity index (χ2v) is 8.22. The van der Waals surface area contributed by atoms with E-state index >= 15 is 0 Å². The summed E-state index contributed by atoms with van der Waals surface area (Å²) < 4.78 is 22.5. The summed E-state index contributed by atoms with van der Waals surface area (Å²) >= 11 is 0. The van der Waals surface area contributed by atoms with Crippen LogP contribution in [0.15, 0.2) is 4.52 Å². The highest BCUT2D eigenvalue weighted by molar-refractivity contribution is 5.89. The van der Waals surface area contributed by atoms with Crippen LogP contribution in [0.5, 0.6) is 0 Å². The molecule has 1 atom stereocenters. The minimum atomic E-state index is -1.18. The smallest absolute Gasteiger partial charge is 0.361 e. The van der Waals surface area contributed by atoms with Gasteiger partial charge in [0.15, 0.2) is 11.5 Å². The molecule has 1 fully saturated rings. The molecule has 1 aromatic heterocycles. The summed E-state index contributed by atoms with van der Waals surface area (Å²) in [4.78, 5) is 12.3. The van der Waals surface area contributed by atoms with Crippen molar-refractivity contribution < 1.29 is 28.6 Å². The summed E-state index contributed by atoms with van der Waals surface area (Å²) in [6.07, 6.45) is 0.228. The van der Waals surface area contributed by atoms with Gasteiger partial charge in [0.1, 0.15) is 5.76 Å². The highest BCUT2D eigenvalue weighted by Crippen LogP contribution is 2.40. The van der Waals surface area contributed by atoms with Crippen molar-refractivity contribution in [2.45, 2.75) is 66.3 Å². The molecule has 1 unspecified atom stereocenters. The van der Waals surface area contributed by atoms with Crippen LogP contribution in [0.2, 0.25) is 0 Å². The summed E-state index contributed by atoms with van der Waals surface area (Å²) in [7, 11) is 0. The molecule has 2 rings (SSSR count). The Hall–Kier alpha value is -1.44. The molecular formula is C19H31NO6. The number of carbonyl (C=O) groups is 1. The van der Waals surface area contributed by atoms with Gasteiger partial charge in [-0.15, -0.1) is 0 Å². The molecule has 26 heavy (non-hydrogen) atoms. The first-order chi connectivity index (χ1) is 12.1. The monoisotopic (exact) mass is 369 g/mol. The topological polar surface area (TPSA) is 91.0 Å². The number of aromatic nitrogens is 1. The van der Waals surface area contributed by atoms with Crippen LogP contribution in [-0.2, 0) is 26.4 Å². The van der Waals surface area contributed by atoms with Crippen LogP contribution in [0, 0.1) is 11.3 Å². The fourth-order valence-corrected chi connectivity index (χ4v) is 3.01. The zero-order chi connectivity index (χ0) is 19.5. The van der Waals surface area contributed by atoms with E-state index in [0.717, 1.165) is 0 Å².